The molecule has 1 aromatic rings. The summed E-state index contributed by atoms with van der Waals surface area (Å²) in [5.74, 6) is 1.31. The fourth-order valence-corrected chi connectivity index (χ4v) is 2.08. The van der Waals surface area contributed by atoms with Gasteiger partial charge in [-0.05, 0) is 36.5 Å². The van der Waals surface area contributed by atoms with Crippen LogP contribution in [0.1, 0.15) is 37.7 Å². The van der Waals surface area contributed by atoms with Gasteiger partial charge in [-0.3, -0.25) is 4.79 Å². The zero-order valence-electron chi connectivity index (χ0n) is 10.3. The number of ether oxygens (including phenoxy) is 2. The summed E-state index contributed by atoms with van der Waals surface area (Å²) >= 11 is 0. The summed E-state index contributed by atoms with van der Waals surface area (Å²) in [5.41, 5.74) is 1.30. The van der Waals surface area contributed by atoms with Crippen molar-refractivity contribution in [3.8, 4) is 5.75 Å². The lowest BCUT2D eigenvalue weighted by Gasteiger charge is -2.35. The summed E-state index contributed by atoms with van der Waals surface area (Å²) in [7, 11) is 1.67. The lowest BCUT2D eigenvalue weighted by molar-refractivity contribution is -0.153. The first kappa shape index (κ1) is 12.0. The fraction of sp³-hybridized carbons (Fsp3) is 0.500. The first-order valence-electron chi connectivity index (χ1n) is 6.06. The summed E-state index contributed by atoms with van der Waals surface area (Å²) in [6.45, 7) is 1.82. The Hall–Kier alpha value is -1.51. The topological polar surface area (TPSA) is 35.5 Å². The van der Waals surface area contributed by atoms with Crippen LogP contribution in [0.2, 0.25) is 0 Å². The predicted octanol–water partition coefficient (Wildman–Crippen LogP) is 2.89. The summed E-state index contributed by atoms with van der Waals surface area (Å²) in [5, 5.41) is 0. The highest BCUT2D eigenvalue weighted by Crippen LogP contribution is 2.39. The molecule has 0 bridgehead atoms. The van der Waals surface area contributed by atoms with Crippen LogP contribution in [0.25, 0.3) is 0 Å². The largest absolute Gasteiger partial charge is 0.497 e. The zero-order valence-corrected chi connectivity index (χ0v) is 10.3. The van der Waals surface area contributed by atoms with Crippen LogP contribution in [0.15, 0.2) is 24.3 Å². The molecule has 1 saturated carbocycles. The van der Waals surface area contributed by atoms with Gasteiger partial charge in [0.1, 0.15) is 11.9 Å². The minimum absolute atomic E-state index is 0.0943. The minimum atomic E-state index is -0.0943. The minimum Gasteiger partial charge on any atom is -0.497 e. The van der Waals surface area contributed by atoms with Gasteiger partial charge in [0.15, 0.2) is 0 Å². The highest BCUT2D eigenvalue weighted by molar-refractivity contribution is 5.69. The van der Waals surface area contributed by atoms with Gasteiger partial charge in [0, 0.05) is 6.42 Å². The van der Waals surface area contributed by atoms with Crippen molar-refractivity contribution in [2.45, 2.75) is 38.2 Å². The normalized spacial score (nSPS) is 22.7. The molecule has 0 aliphatic heterocycles. The Morgan fingerprint density at radius 3 is 2.47 bits per heavy atom. The van der Waals surface area contributed by atoms with Gasteiger partial charge in [-0.25, -0.2) is 0 Å². The van der Waals surface area contributed by atoms with Crippen molar-refractivity contribution in [2.24, 2.45) is 0 Å². The standard InChI is InChI=1S/C14H18O3/c1-3-14(15)17-13-8-11(9-13)10-4-6-12(16-2)7-5-10/h4-7,11,13H,3,8-9H2,1-2H3. The van der Waals surface area contributed by atoms with Gasteiger partial charge >= 0.3 is 5.97 Å². The van der Waals surface area contributed by atoms with E-state index in [0.29, 0.717) is 12.3 Å². The quantitative estimate of drug-likeness (QED) is 0.751. The van der Waals surface area contributed by atoms with Crippen molar-refractivity contribution in [1.82, 2.24) is 0 Å². The first-order chi connectivity index (χ1) is 8.22. The average molecular weight is 234 g/mol. The molecule has 0 atom stereocenters. The van der Waals surface area contributed by atoms with E-state index < -0.39 is 0 Å². The van der Waals surface area contributed by atoms with E-state index in [1.165, 1.54) is 5.56 Å². The van der Waals surface area contributed by atoms with E-state index in [9.17, 15) is 4.79 Å². The van der Waals surface area contributed by atoms with Crippen molar-refractivity contribution < 1.29 is 14.3 Å². The van der Waals surface area contributed by atoms with Crippen LogP contribution < -0.4 is 4.74 Å². The number of carbonyl (C=O) groups is 1. The number of carbonyl (C=O) groups excluding carboxylic acids is 1. The SMILES string of the molecule is CCC(=O)OC1CC(c2ccc(OC)cc2)C1. The lowest BCUT2D eigenvalue weighted by atomic mass is 9.77. The Kier molecular flexibility index (Phi) is 3.67. The van der Waals surface area contributed by atoms with E-state index in [2.05, 4.69) is 12.1 Å². The number of esters is 1. The van der Waals surface area contributed by atoms with Crippen LogP contribution >= 0.6 is 0 Å². The Labute approximate surface area is 102 Å². The Morgan fingerprint density at radius 2 is 1.94 bits per heavy atom. The summed E-state index contributed by atoms with van der Waals surface area (Å²) in [6, 6.07) is 8.12. The van der Waals surface area contributed by atoms with E-state index in [4.69, 9.17) is 9.47 Å². The maximum absolute atomic E-state index is 11.1. The summed E-state index contributed by atoms with van der Waals surface area (Å²) in [4.78, 5) is 11.1. The number of methoxy groups -OCH3 is 1. The van der Waals surface area contributed by atoms with Gasteiger partial charge in [0.25, 0.3) is 0 Å². The third kappa shape index (κ3) is 2.78. The van der Waals surface area contributed by atoms with Crippen LogP contribution in [-0.4, -0.2) is 19.2 Å². The van der Waals surface area contributed by atoms with Crippen LogP contribution in [0.3, 0.4) is 0 Å². The van der Waals surface area contributed by atoms with E-state index in [1.54, 1.807) is 7.11 Å². The van der Waals surface area contributed by atoms with E-state index in [1.807, 2.05) is 19.1 Å². The molecule has 1 aliphatic carbocycles. The van der Waals surface area contributed by atoms with Gasteiger partial charge in [0.05, 0.1) is 7.11 Å². The maximum Gasteiger partial charge on any atom is 0.305 e. The van der Waals surface area contributed by atoms with Crippen LogP contribution in [-0.2, 0) is 9.53 Å². The maximum atomic E-state index is 11.1. The molecule has 0 amide bonds. The van der Waals surface area contributed by atoms with E-state index >= 15 is 0 Å². The van der Waals surface area contributed by atoms with E-state index in [0.717, 1.165) is 18.6 Å². The number of benzene rings is 1. The van der Waals surface area contributed by atoms with Crippen LogP contribution in [0.5, 0.6) is 5.75 Å². The Bertz CT molecular complexity index is 377. The summed E-state index contributed by atoms with van der Waals surface area (Å²) < 4.78 is 10.4. The van der Waals surface area contributed by atoms with Crippen molar-refractivity contribution in [1.29, 1.82) is 0 Å². The molecule has 0 radical (unpaired) electrons. The molecular weight excluding hydrogens is 216 g/mol. The molecule has 1 aromatic carbocycles. The average Bonchev–Trinajstić information content (AvgIpc) is 2.33. The number of hydrogen-bond acceptors (Lipinski definition) is 3. The van der Waals surface area contributed by atoms with Crippen molar-refractivity contribution in [2.75, 3.05) is 7.11 Å². The highest BCUT2D eigenvalue weighted by atomic mass is 16.5. The molecule has 0 spiro atoms. The fourth-order valence-electron chi connectivity index (χ4n) is 2.08. The highest BCUT2D eigenvalue weighted by Gasteiger charge is 2.32. The molecule has 17 heavy (non-hydrogen) atoms. The molecule has 0 heterocycles. The molecule has 1 fully saturated rings. The monoisotopic (exact) mass is 234 g/mol. The second-order valence-corrected chi connectivity index (χ2v) is 4.41. The second-order valence-electron chi connectivity index (χ2n) is 4.41. The smallest absolute Gasteiger partial charge is 0.305 e. The van der Waals surface area contributed by atoms with Gasteiger partial charge in [0.2, 0.25) is 0 Å². The number of rotatable bonds is 4. The van der Waals surface area contributed by atoms with Crippen LogP contribution in [0, 0.1) is 0 Å². The van der Waals surface area contributed by atoms with Gasteiger partial charge < -0.3 is 9.47 Å². The van der Waals surface area contributed by atoms with Gasteiger partial charge in [-0.15, -0.1) is 0 Å². The van der Waals surface area contributed by atoms with Gasteiger partial charge in [-0.2, -0.15) is 0 Å². The van der Waals surface area contributed by atoms with Crippen molar-refractivity contribution in [3.05, 3.63) is 29.8 Å². The van der Waals surface area contributed by atoms with Crippen molar-refractivity contribution in [3.63, 3.8) is 0 Å². The molecule has 3 nitrogen and oxygen atoms in total. The molecular formula is C14H18O3. The molecule has 0 N–H and O–H groups in total. The third-order valence-corrected chi connectivity index (χ3v) is 3.27. The molecule has 92 valence electrons. The van der Waals surface area contributed by atoms with Crippen LogP contribution in [0.4, 0.5) is 0 Å². The lowest BCUT2D eigenvalue weighted by Crippen LogP contribution is -2.31. The molecule has 0 saturated heterocycles. The third-order valence-electron chi connectivity index (χ3n) is 3.27. The number of hydrogen-bond donors (Lipinski definition) is 0. The Morgan fingerprint density at radius 1 is 1.29 bits per heavy atom. The Balaban J connectivity index is 1.84. The second kappa shape index (κ2) is 5.21. The molecule has 1 aliphatic rings. The van der Waals surface area contributed by atoms with Crippen molar-refractivity contribution >= 4 is 5.97 Å². The first-order valence-corrected chi connectivity index (χ1v) is 6.06. The van der Waals surface area contributed by atoms with E-state index in [-0.39, 0.29) is 12.1 Å². The van der Waals surface area contributed by atoms with Gasteiger partial charge in [-0.1, -0.05) is 19.1 Å². The molecule has 0 aromatic heterocycles. The summed E-state index contributed by atoms with van der Waals surface area (Å²) in [6.07, 6.45) is 2.47. The molecule has 2 rings (SSSR count). The zero-order chi connectivity index (χ0) is 12.3. The molecule has 3 heteroatoms. The molecule has 0 unspecified atom stereocenters. The predicted molar refractivity (Wildman–Crippen MR) is 65.1 cm³/mol.